The van der Waals surface area contributed by atoms with E-state index in [1.54, 1.807) is 7.11 Å². The Morgan fingerprint density at radius 3 is 2.60 bits per heavy atom. The minimum Gasteiger partial charge on any atom is -0.496 e. The molecule has 0 unspecified atom stereocenters. The van der Waals surface area contributed by atoms with Crippen molar-refractivity contribution in [1.29, 1.82) is 0 Å². The predicted molar refractivity (Wildman–Crippen MR) is 84.9 cm³/mol. The molecule has 0 radical (unpaired) electrons. The van der Waals surface area contributed by atoms with Crippen molar-refractivity contribution in [3.63, 3.8) is 0 Å². The van der Waals surface area contributed by atoms with Crippen LogP contribution in [0, 0.1) is 6.92 Å². The number of aryl methyl sites for hydroxylation is 1. The van der Waals surface area contributed by atoms with E-state index in [0.717, 1.165) is 22.7 Å². The summed E-state index contributed by atoms with van der Waals surface area (Å²) in [6, 6.07) is 8.39. The first kappa shape index (κ1) is 16.4. The molecule has 1 aromatic carbocycles. The molecule has 0 aliphatic carbocycles. The van der Waals surface area contributed by atoms with E-state index in [1.165, 1.54) is 0 Å². The third kappa shape index (κ3) is 3.67. The highest BCUT2D eigenvalue weighted by Crippen LogP contribution is 2.20. The minimum absolute atomic E-state index is 0. The average molecular weight is 296 g/mol. The summed E-state index contributed by atoms with van der Waals surface area (Å²) >= 11 is 0. The van der Waals surface area contributed by atoms with Gasteiger partial charge in [0.1, 0.15) is 5.75 Å². The van der Waals surface area contributed by atoms with Gasteiger partial charge in [-0.2, -0.15) is 5.10 Å². The molecule has 4 nitrogen and oxygen atoms in total. The topological polar surface area (TPSA) is 39.1 Å². The molecule has 2 aromatic rings. The van der Waals surface area contributed by atoms with Crippen LogP contribution in [0.4, 0.5) is 5.82 Å². The summed E-state index contributed by atoms with van der Waals surface area (Å²) < 4.78 is 7.31. The van der Waals surface area contributed by atoms with E-state index in [4.69, 9.17) is 4.74 Å². The molecule has 0 aliphatic heterocycles. The Labute approximate surface area is 126 Å². The number of methoxy groups -OCH3 is 1. The molecule has 110 valence electrons. The first-order chi connectivity index (χ1) is 9.11. The molecular formula is C15H22ClN3O. The maximum absolute atomic E-state index is 5.34. The van der Waals surface area contributed by atoms with Crippen LogP contribution in [0.5, 0.6) is 5.75 Å². The predicted octanol–water partition coefficient (Wildman–Crippen LogP) is 3.81. The second-order valence-electron chi connectivity index (χ2n) is 4.90. The van der Waals surface area contributed by atoms with Crippen molar-refractivity contribution in [2.24, 2.45) is 0 Å². The van der Waals surface area contributed by atoms with Crippen LogP contribution in [-0.2, 0) is 6.54 Å². The van der Waals surface area contributed by atoms with E-state index in [0.29, 0.717) is 12.6 Å². The fraction of sp³-hybridized carbons (Fsp3) is 0.400. The summed E-state index contributed by atoms with van der Waals surface area (Å²) in [7, 11) is 1.69. The van der Waals surface area contributed by atoms with E-state index in [1.807, 2.05) is 22.9 Å². The average Bonchev–Trinajstić information content (AvgIpc) is 2.78. The fourth-order valence-electron chi connectivity index (χ4n) is 1.95. The van der Waals surface area contributed by atoms with Crippen molar-refractivity contribution in [1.82, 2.24) is 9.78 Å². The first-order valence-corrected chi connectivity index (χ1v) is 6.53. The molecule has 20 heavy (non-hydrogen) atoms. The smallest absolute Gasteiger partial charge is 0.151 e. The Hall–Kier alpha value is -1.68. The molecule has 0 aliphatic rings. The van der Waals surface area contributed by atoms with Gasteiger partial charge in [0.25, 0.3) is 0 Å². The molecule has 0 bridgehead atoms. The van der Waals surface area contributed by atoms with Gasteiger partial charge in [0, 0.05) is 29.9 Å². The molecule has 0 saturated carbocycles. The molecule has 0 fully saturated rings. The summed E-state index contributed by atoms with van der Waals surface area (Å²) in [5.74, 6) is 1.83. The molecule has 0 saturated heterocycles. The van der Waals surface area contributed by atoms with Crippen LogP contribution in [0.1, 0.15) is 31.0 Å². The zero-order valence-corrected chi connectivity index (χ0v) is 13.2. The van der Waals surface area contributed by atoms with Crippen molar-refractivity contribution in [2.75, 3.05) is 12.4 Å². The van der Waals surface area contributed by atoms with Gasteiger partial charge in [0.05, 0.1) is 7.11 Å². The zero-order chi connectivity index (χ0) is 13.8. The molecule has 0 atom stereocenters. The molecule has 1 heterocycles. The van der Waals surface area contributed by atoms with Crippen LogP contribution in [0.2, 0.25) is 0 Å². The van der Waals surface area contributed by atoms with Crippen molar-refractivity contribution < 1.29 is 4.74 Å². The van der Waals surface area contributed by atoms with Crippen molar-refractivity contribution in [3.05, 3.63) is 41.6 Å². The molecule has 1 N–H and O–H groups in total. The number of anilines is 1. The van der Waals surface area contributed by atoms with Gasteiger partial charge in [0.2, 0.25) is 0 Å². The van der Waals surface area contributed by atoms with Gasteiger partial charge < -0.3 is 10.1 Å². The SMILES string of the molecule is COc1ccccc1CNc1nn(C(C)C)cc1C.Cl. The van der Waals surface area contributed by atoms with Gasteiger partial charge in [-0.15, -0.1) is 12.4 Å². The number of halogens is 1. The van der Waals surface area contributed by atoms with Crippen LogP contribution < -0.4 is 10.1 Å². The lowest BCUT2D eigenvalue weighted by Gasteiger charge is -2.09. The maximum Gasteiger partial charge on any atom is 0.151 e. The quantitative estimate of drug-likeness (QED) is 0.911. The molecular weight excluding hydrogens is 274 g/mol. The summed E-state index contributed by atoms with van der Waals surface area (Å²) in [6.45, 7) is 7.02. The molecule has 5 heteroatoms. The Morgan fingerprint density at radius 1 is 1.30 bits per heavy atom. The van der Waals surface area contributed by atoms with E-state index >= 15 is 0 Å². The number of nitrogens with one attached hydrogen (secondary N) is 1. The van der Waals surface area contributed by atoms with Crippen molar-refractivity contribution in [3.8, 4) is 5.75 Å². The van der Waals surface area contributed by atoms with Gasteiger partial charge in [-0.3, -0.25) is 4.68 Å². The van der Waals surface area contributed by atoms with E-state index < -0.39 is 0 Å². The summed E-state index contributed by atoms with van der Waals surface area (Å²) in [5, 5.41) is 7.91. The summed E-state index contributed by atoms with van der Waals surface area (Å²) in [4.78, 5) is 0. The molecule has 1 aromatic heterocycles. The Kier molecular flexibility index (Phi) is 5.89. The second-order valence-corrected chi connectivity index (χ2v) is 4.90. The van der Waals surface area contributed by atoms with Crippen LogP contribution >= 0.6 is 12.4 Å². The number of rotatable bonds is 5. The van der Waals surface area contributed by atoms with Gasteiger partial charge >= 0.3 is 0 Å². The van der Waals surface area contributed by atoms with Crippen molar-refractivity contribution in [2.45, 2.75) is 33.4 Å². The maximum atomic E-state index is 5.34. The van der Waals surface area contributed by atoms with Crippen molar-refractivity contribution >= 4 is 18.2 Å². The first-order valence-electron chi connectivity index (χ1n) is 6.53. The Bertz CT molecular complexity index is 552. The van der Waals surface area contributed by atoms with Crippen LogP contribution in [0.3, 0.4) is 0 Å². The number of benzene rings is 1. The third-order valence-corrected chi connectivity index (χ3v) is 3.08. The number of ether oxygens (including phenoxy) is 1. The molecule has 0 amide bonds. The highest BCUT2D eigenvalue weighted by Gasteiger charge is 2.08. The van der Waals surface area contributed by atoms with Gasteiger partial charge in [-0.05, 0) is 26.8 Å². The Morgan fingerprint density at radius 2 is 2.00 bits per heavy atom. The summed E-state index contributed by atoms with van der Waals surface area (Å²) in [5.41, 5.74) is 2.28. The van der Waals surface area contributed by atoms with E-state index in [9.17, 15) is 0 Å². The number of nitrogens with zero attached hydrogens (tertiary/aromatic N) is 2. The molecule has 0 spiro atoms. The van der Waals surface area contributed by atoms with Gasteiger partial charge in [0.15, 0.2) is 5.82 Å². The lowest BCUT2D eigenvalue weighted by Crippen LogP contribution is -2.05. The van der Waals surface area contributed by atoms with E-state index in [-0.39, 0.29) is 12.4 Å². The normalized spacial score (nSPS) is 10.2. The number of para-hydroxylation sites is 1. The standard InChI is InChI=1S/C15H21N3O.ClH/c1-11(2)18-10-12(3)15(17-18)16-9-13-7-5-6-8-14(13)19-4;/h5-8,10-11H,9H2,1-4H3,(H,16,17);1H. The monoisotopic (exact) mass is 295 g/mol. The lowest BCUT2D eigenvalue weighted by molar-refractivity contribution is 0.410. The summed E-state index contributed by atoms with van der Waals surface area (Å²) in [6.07, 6.45) is 2.06. The van der Waals surface area contributed by atoms with Crippen LogP contribution in [-0.4, -0.2) is 16.9 Å². The largest absolute Gasteiger partial charge is 0.496 e. The third-order valence-electron chi connectivity index (χ3n) is 3.08. The highest BCUT2D eigenvalue weighted by molar-refractivity contribution is 5.85. The van der Waals surface area contributed by atoms with Gasteiger partial charge in [-0.1, -0.05) is 18.2 Å². The van der Waals surface area contributed by atoms with Crippen LogP contribution in [0.25, 0.3) is 0 Å². The fourth-order valence-corrected chi connectivity index (χ4v) is 1.95. The highest BCUT2D eigenvalue weighted by atomic mass is 35.5. The lowest BCUT2D eigenvalue weighted by atomic mass is 10.2. The van der Waals surface area contributed by atoms with Gasteiger partial charge in [-0.25, -0.2) is 0 Å². The minimum atomic E-state index is 0. The number of hydrogen-bond acceptors (Lipinski definition) is 3. The Balaban J connectivity index is 0.00000200. The van der Waals surface area contributed by atoms with E-state index in [2.05, 4.69) is 43.4 Å². The second kappa shape index (κ2) is 7.20. The number of hydrogen-bond donors (Lipinski definition) is 1. The molecule has 2 rings (SSSR count). The van der Waals surface area contributed by atoms with Crippen LogP contribution in [0.15, 0.2) is 30.5 Å². The zero-order valence-electron chi connectivity index (χ0n) is 12.4. The number of aromatic nitrogens is 2.